The fourth-order valence-electron chi connectivity index (χ4n) is 8.66. The highest BCUT2D eigenvalue weighted by Gasteiger charge is 2.30. The minimum Gasteiger partial charge on any atom is -0.456 e. The van der Waals surface area contributed by atoms with Gasteiger partial charge < -0.3 is 19.4 Å². The number of ether oxygens (including phenoxy) is 1. The molecule has 0 aliphatic carbocycles. The molecule has 0 spiro atoms. The molecule has 0 fully saturated rings. The van der Waals surface area contributed by atoms with Crippen LogP contribution >= 0.6 is 7.82 Å². The number of allylic oxidation sites excluding steroid dienone is 15. The van der Waals surface area contributed by atoms with Crippen LogP contribution in [0.4, 0.5) is 0 Å². The third-order valence-corrected chi connectivity index (χ3v) is 14.5. The van der Waals surface area contributed by atoms with Crippen molar-refractivity contribution in [1.29, 1.82) is 0 Å². The molecule has 10 heteroatoms. The van der Waals surface area contributed by atoms with Crippen LogP contribution in [0.5, 0.6) is 0 Å². The molecule has 0 saturated heterocycles. The van der Waals surface area contributed by atoms with Gasteiger partial charge in [0.25, 0.3) is 0 Å². The quantitative estimate of drug-likeness (QED) is 0.0205. The zero-order valence-electron chi connectivity index (χ0n) is 50.7. The van der Waals surface area contributed by atoms with E-state index in [0.29, 0.717) is 17.4 Å². The van der Waals surface area contributed by atoms with Gasteiger partial charge in [-0.2, -0.15) is 0 Å². The Kier molecular flexibility index (Phi) is 54.0. The maximum atomic E-state index is 13.5. The summed E-state index contributed by atoms with van der Waals surface area (Å²) in [5.41, 5.74) is 0. The summed E-state index contributed by atoms with van der Waals surface area (Å²) in [6.45, 7) is 6.83. The third-order valence-electron chi connectivity index (χ3n) is 13.5. The first-order valence-electron chi connectivity index (χ1n) is 31.6. The molecule has 0 aromatic carbocycles. The van der Waals surface area contributed by atoms with Crippen LogP contribution in [0.3, 0.4) is 0 Å². The van der Waals surface area contributed by atoms with Gasteiger partial charge in [0, 0.05) is 12.8 Å². The number of rotatable bonds is 56. The number of carbonyl (C=O) groups is 2. The largest absolute Gasteiger partial charge is 0.472 e. The lowest BCUT2D eigenvalue weighted by molar-refractivity contribution is -0.870. The van der Waals surface area contributed by atoms with Gasteiger partial charge in [0.2, 0.25) is 5.91 Å². The number of carbonyl (C=O) groups excluding carboxylic acids is 2. The Morgan fingerprint density at radius 3 is 1.27 bits per heavy atom. The van der Waals surface area contributed by atoms with Crippen LogP contribution in [-0.4, -0.2) is 74.3 Å². The molecular weight excluding hydrogens is 976 g/mol. The summed E-state index contributed by atoms with van der Waals surface area (Å²) >= 11 is 0. The van der Waals surface area contributed by atoms with E-state index in [1.54, 1.807) is 0 Å². The van der Waals surface area contributed by atoms with Crippen molar-refractivity contribution < 1.29 is 37.3 Å². The average Bonchev–Trinajstić information content (AvgIpc) is 3.39. The lowest BCUT2D eigenvalue weighted by Gasteiger charge is -2.27. The van der Waals surface area contributed by atoms with Gasteiger partial charge in [0.15, 0.2) is 0 Å². The van der Waals surface area contributed by atoms with Gasteiger partial charge in [-0.3, -0.25) is 18.6 Å². The molecule has 0 radical (unpaired) electrons. The minimum absolute atomic E-state index is 0.0272. The first-order valence-corrected chi connectivity index (χ1v) is 33.1. The lowest BCUT2D eigenvalue weighted by Crippen LogP contribution is -2.47. The van der Waals surface area contributed by atoms with Gasteiger partial charge in [0.1, 0.15) is 19.3 Å². The van der Waals surface area contributed by atoms with E-state index < -0.39 is 20.0 Å². The molecule has 0 heterocycles. The molecule has 0 rings (SSSR count). The highest BCUT2D eigenvalue weighted by Crippen LogP contribution is 2.43. The summed E-state index contributed by atoms with van der Waals surface area (Å²) < 4.78 is 30.6. The molecule has 0 aromatic rings. The van der Waals surface area contributed by atoms with Crippen LogP contribution in [-0.2, 0) is 27.9 Å². The monoisotopic (exact) mass is 1100 g/mol. The second-order valence-electron chi connectivity index (χ2n) is 22.2. The predicted octanol–water partition coefficient (Wildman–Crippen LogP) is 19.6. The Labute approximate surface area is 475 Å². The fraction of sp³-hybridized carbons (Fsp3) is 0.731. The van der Waals surface area contributed by atoms with E-state index >= 15 is 0 Å². The summed E-state index contributed by atoms with van der Waals surface area (Å²) in [6, 6.07) is -0.883. The number of phosphoric acid groups is 1. The van der Waals surface area contributed by atoms with E-state index in [0.717, 1.165) is 89.9 Å². The molecule has 1 amide bonds. The van der Waals surface area contributed by atoms with Crippen molar-refractivity contribution in [1.82, 2.24) is 5.32 Å². The van der Waals surface area contributed by atoms with Crippen LogP contribution in [0, 0.1) is 0 Å². The van der Waals surface area contributed by atoms with Gasteiger partial charge in [-0.1, -0.05) is 253 Å². The number of quaternary nitrogens is 1. The maximum Gasteiger partial charge on any atom is 0.472 e. The normalized spacial score (nSPS) is 14.3. The molecule has 9 nitrogen and oxygen atoms in total. The van der Waals surface area contributed by atoms with Crippen LogP contribution in [0.25, 0.3) is 0 Å². The minimum atomic E-state index is -4.46. The smallest absolute Gasteiger partial charge is 0.456 e. The molecule has 0 aliphatic rings. The second kappa shape index (κ2) is 56.2. The number of nitrogens with one attached hydrogen (secondary N) is 1. The van der Waals surface area contributed by atoms with E-state index in [-0.39, 0.29) is 37.9 Å². The molecule has 0 aliphatic heterocycles. The van der Waals surface area contributed by atoms with Crippen LogP contribution in [0.15, 0.2) is 97.2 Å². The van der Waals surface area contributed by atoms with Crippen molar-refractivity contribution in [2.24, 2.45) is 0 Å². The maximum absolute atomic E-state index is 13.5. The number of phosphoric ester groups is 1. The molecule has 2 N–H and O–H groups in total. The standard InChI is InChI=1S/C67H119N2O7P/c1-7-10-13-16-19-22-25-27-28-29-30-31-32-33-34-35-36-37-38-39-40-42-45-48-51-54-57-60-67(71)76-65(58-55-52-49-46-43-24-21-18-15-12-9-3)64(63-75-77(72,73)74-62-61-69(4,5)6)68-66(70)59-56-53-50-47-44-41-26-23-20-17-14-11-8-2/h10,13,19,22,27-28,30-31,33-34,41,44,50,53,55,58,64-65H,7-9,11-12,14-18,20-21,23-26,29,32,35-40,42-43,45-49,51-52,54,56-57,59-63H2,1-6H3,(H-,68,70,72,73)/p+1/b13-10-,22-19-,28-27-,31-30-,34-33-,44-41-,53-50+,58-55-. The average molecular weight is 1100 g/mol. The molecule has 0 saturated carbocycles. The summed E-state index contributed by atoms with van der Waals surface area (Å²) in [4.78, 5) is 37.6. The number of hydrogen-bond acceptors (Lipinski definition) is 6. The van der Waals surface area contributed by atoms with Crippen LogP contribution < -0.4 is 5.32 Å². The summed E-state index contributed by atoms with van der Waals surface area (Å²) in [5.74, 6) is -0.589. The van der Waals surface area contributed by atoms with Crippen LogP contribution in [0.2, 0.25) is 0 Å². The first kappa shape index (κ1) is 73.9. The number of amides is 1. The van der Waals surface area contributed by atoms with Crippen molar-refractivity contribution in [3.05, 3.63) is 97.2 Å². The van der Waals surface area contributed by atoms with Gasteiger partial charge in [0.05, 0.1) is 33.8 Å². The summed E-state index contributed by atoms with van der Waals surface area (Å²) in [7, 11) is 1.46. The topological polar surface area (TPSA) is 111 Å². The second-order valence-corrected chi connectivity index (χ2v) is 23.6. The Morgan fingerprint density at radius 2 is 0.844 bits per heavy atom. The van der Waals surface area contributed by atoms with E-state index in [2.05, 4.69) is 105 Å². The van der Waals surface area contributed by atoms with Gasteiger partial charge in [-0.05, 0) is 96.0 Å². The van der Waals surface area contributed by atoms with Gasteiger partial charge >= 0.3 is 13.8 Å². The molecule has 3 atom stereocenters. The number of unbranched alkanes of at least 4 members (excludes halogenated alkanes) is 26. The SMILES string of the molecule is CC/C=C\C/C=C\C/C=C\C/C=C\C/C=C\CCCCCCCCCCCCCC(=O)OC(/C=C\CCCCCCCCCCC)C(COP(=O)(O)OCC[N+](C)(C)C)NC(=O)CC/C=C/C/C=C\CCCCCCCC. The first-order chi connectivity index (χ1) is 37.4. The van der Waals surface area contributed by atoms with E-state index in [1.807, 2.05) is 39.4 Å². The van der Waals surface area contributed by atoms with Crippen molar-refractivity contribution in [3.63, 3.8) is 0 Å². The molecule has 3 unspecified atom stereocenters. The zero-order valence-corrected chi connectivity index (χ0v) is 51.6. The number of esters is 1. The molecular formula is C67H120N2O7P+. The van der Waals surface area contributed by atoms with Crippen molar-refractivity contribution in [2.45, 2.75) is 277 Å². The summed E-state index contributed by atoms with van der Waals surface area (Å²) in [5, 5.41) is 3.01. The van der Waals surface area contributed by atoms with Crippen LogP contribution in [0.1, 0.15) is 265 Å². The van der Waals surface area contributed by atoms with Crippen molar-refractivity contribution in [3.8, 4) is 0 Å². The van der Waals surface area contributed by atoms with Gasteiger partial charge in [-0.15, -0.1) is 0 Å². The molecule has 0 aromatic heterocycles. The number of hydrogen-bond donors (Lipinski definition) is 2. The predicted molar refractivity (Wildman–Crippen MR) is 332 cm³/mol. The Hall–Kier alpha value is -3.07. The van der Waals surface area contributed by atoms with E-state index in [1.165, 1.54) is 135 Å². The highest BCUT2D eigenvalue weighted by atomic mass is 31.2. The third kappa shape index (κ3) is 57.4. The summed E-state index contributed by atoms with van der Waals surface area (Å²) in [6.07, 6.45) is 75.8. The highest BCUT2D eigenvalue weighted by molar-refractivity contribution is 7.47. The van der Waals surface area contributed by atoms with Crippen molar-refractivity contribution >= 4 is 19.7 Å². The number of nitrogens with zero attached hydrogens (tertiary/aromatic N) is 1. The van der Waals surface area contributed by atoms with E-state index in [9.17, 15) is 19.0 Å². The Balaban J connectivity index is 5.10. The fourth-order valence-corrected chi connectivity index (χ4v) is 9.40. The Bertz CT molecular complexity index is 1640. The Morgan fingerprint density at radius 1 is 0.468 bits per heavy atom. The van der Waals surface area contributed by atoms with Gasteiger partial charge in [-0.25, -0.2) is 4.57 Å². The zero-order chi connectivity index (χ0) is 56.4. The molecule has 444 valence electrons. The van der Waals surface area contributed by atoms with E-state index in [4.69, 9.17) is 13.8 Å². The number of likely N-dealkylation sites (N-methyl/N-ethyl adjacent to an activating group) is 1. The lowest BCUT2D eigenvalue weighted by atomic mass is 10.0. The molecule has 0 bridgehead atoms. The van der Waals surface area contributed by atoms with Crippen molar-refractivity contribution in [2.75, 3.05) is 40.9 Å². The molecule has 77 heavy (non-hydrogen) atoms.